The number of aldehydes is 1. The number of pyridine rings is 1. The molecule has 0 fully saturated rings. The number of hydrogen-bond donors (Lipinski definition) is 1. The number of anilines is 1. The van der Waals surface area contributed by atoms with E-state index in [2.05, 4.69) is 32.3 Å². The first-order chi connectivity index (χ1) is 29.7. The lowest BCUT2D eigenvalue weighted by Crippen LogP contribution is -2.35. The van der Waals surface area contributed by atoms with Crippen LogP contribution in [0.5, 0.6) is 0 Å². The van der Waals surface area contributed by atoms with Crippen molar-refractivity contribution in [2.24, 2.45) is 0 Å². The van der Waals surface area contributed by atoms with Crippen LogP contribution in [0.25, 0.3) is 22.0 Å². The molecular weight excluding hydrogens is 932 g/mol. The number of amides is 2. The van der Waals surface area contributed by atoms with Crippen LogP contribution in [0, 0.1) is 23.5 Å². The number of halogens is 11. The Labute approximate surface area is 368 Å². The molecule has 0 radical (unpaired) electrons. The van der Waals surface area contributed by atoms with Crippen LogP contribution in [0.3, 0.4) is 0 Å². The van der Waals surface area contributed by atoms with E-state index in [1.165, 1.54) is 36.8 Å². The summed E-state index contributed by atoms with van der Waals surface area (Å²) in [5.41, 5.74) is -4.83. The lowest BCUT2D eigenvalue weighted by molar-refractivity contribution is -0.143. The predicted molar refractivity (Wildman–Crippen MR) is 217 cm³/mol. The molecule has 3 heterocycles. The van der Waals surface area contributed by atoms with Gasteiger partial charge in [-0.3, -0.25) is 28.0 Å². The maximum absolute atomic E-state index is 15.1. The molecule has 2 aromatic carbocycles. The molecule has 0 saturated heterocycles. The molecule has 340 valence electrons. The minimum absolute atomic E-state index is 0.106. The molecular formula is C40H32ClF10N7O4S2. The second-order valence-electron chi connectivity index (χ2n) is 14.8. The predicted octanol–water partition coefficient (Wildman–Crippen LogP) is 8.26. The monoisotopic (exact) mass is 963 g/mol. The van der Waals surface area contributed by atoms with Crippen molar-refractivity contribution >= 4 is 69.2 Å². The minimum atomic E-state index is -5.18. The van der Waals surface area contributed by atoms with Crippen molar-refractivity contribution < 1.29 is 62.5 Å². The van der Waals surface area contributed by atoms with Crippen molar-refractivity contribution in [3.05, 3.63) is 93.0 Å². The fourth-order valence-corrected chi connectivity index (χ4v) is 7.96. The van der Waals surface area contributed by atoms with Gasteiger partial charge in [-0.15, -0.1) is 0 Å². The van der Waals surface area contributed by atoms with Crippen LogP contribution < -0.4 is 9.62 Å². The van der Waals surface area contributed by atoms with E-state index in [0.29, 0.717) is 27.0 Å². The standard InChI is InChI=1S/C40H32ClF10N7O4S2/c1-37(2,64(4)62)11-9-23-5-6-24(25-7-8-27(41)31-33(25)57(19-39(46,47)48)55-36(31)58(63-3)30(61)18-59)32(52-23)28(15-20-13-21(42)16-22(43)14-20)53-29(60)17-56-35-26(10-12-38(35,44)45)34(54-56)40(49,50)51/h5-8,13-14,16,18,28H,10,12,15,17,19H2,1-4H3,(H,53,60). The van der Waals surface area contributed by atoms with Gasteiger partial charge in [0.2, 0.25) is 12.2 Å². The van der Waals surface area contributed by atoms with Gasteiger partial charge in [0.05, 0.1) is 27.7 Å². The number of nitrogens with zero attached hydrogens (tertiary/aromatic N) is 6. The number of alkyl halides is 8. The molecule has 2 atom stereocenters. The molecule has 3 aromatic heterocycles. The molecule has 1 aliphatic rings. The van der Waals surface area contributed by atoms with Crippen LogP contribution in [-0.2, 0) is 63.2 Å². The molecule has 1 N–H and O–H groups in total. The van der Waals surface area contributed by atoms with Gasteiger partial charge in [0.15, 0.2) is 11.5 Å². The molecule has 11 nitrogen and oxygen atoms in total. The third-order valence-electron chi connectivity index (χ3n) is 9.93. The fourth-order valence-electron chi connectivity index (χ4n) is 7.00. The number of benzene rings is 2. The molecule has 0 aliphatic heterocycles. The number of carbonyl (C=O) groups is 3. The Hall–Kier alpha value is -5.47. The van der Waals surface area contributed by atoms with E-state index >= 15 is 8.78 Å². The zero-order chi connectivity index (χ0) is 47.3. The molecule has 0 saturated carbocycles. The van der Waals surface area contributed by atoms with Gasteiger partial charge in [-0.1, -0.05) is 23.6 Å². The first-order valence-electron chi connectivity index (χ1n) is 18.5. The maximum Gasteiger partial charge on any atom is 0.435 e. The van der Waals surface area contributed by atoms with E-state index in [1.54, 1.807) is 13.8 Å². The molecule has 6 rings (SSSR count). The Morgan fingerprint density at radius 2 is 1.69 bits per heavy atom. The largest absolute Gasteiger partial charge is 0.435 e. The Kier molecular flexibility index (Phi) is 13.4. The van der Waals surface area contributed by atoms with Crippen LogP contribution in [0.4, 0.5) is 49.7 Å². The number of fused-ring (bicyclic) bond motifs is 2. The zero-order valence-electron chi connectivity index (χ0n) is 33.5. The molecule has 2 unspecified atom stereocenters. The van der Waals surface area contributed by atoms with Gasteiger partial charge in [-0.2, -0.15) is 45.3 Å². The van der Waals surface area contributed by atoms with E-state index in [-0.39, 0.29) is 49.5 Å². The SMILES string of the molecule is CSN(C(=O)C=O)c1nn(CC(F)(F)F)c2c(-c3ccc(C#CC(C)(C)S(C)=O)nc3C(Cc3cc(F)cc(F)c3)NC(=O)Cn3nc(C(F)(F)F)c4c3C(F)(F)CC4)ccc(Cl)c12. The average Bonchev–Trinajstić information content (AvgIpc) is 3.84. The lowest BCUT2D eigenvalue weighted by atomic mass is 9.93. The summed E-state index contributed by atoms with van der Waals surface area (Å²) in [6.07, 6.45) is -9.82. The first-order valence-corrected chi connectivity index (χ1v) is 21.6. The van der Waals surface area contributed by atoms with Gasteiger partial charge in [0, 0.05) is 52.5 Å². The van der Waals surface area contributed by atoms with Crippen LogP contribution in [0.15, 0.2) is 42.5 Å². The molecule has 5 aromatic rings. The van der Waals surface area contributed by atoms with Crippen LogP contribution in [-0.4, -0.2) is 70.3 Å². The summed E-state index contributed by atoms with van der Waals surface area (Å²) in [7, 11) is -1.53. The first kappa shape index (κ1) is 48.0. The molecule has 64 heavy (non-hydrogen) atoms. The van der Waals surface area contributed by atoms with E-state index in [9.17, 15) is 53.7 Å². The van der Waals surface area contributed by atoms with Crippen molar-refractivity contribution in [3.63, 3.8) is 0 Å². The lowest BCUT2D eigenvalue weighted by Gasteiger charge is -2.23. The third-order valence-corrected chi connectivity index (χ3v) is 12.5. The molecule has 2 amide bonds. The van der Waals surface area contributed by atoms with E-state index in [1.807, 2.05) is 0 Å². The second kappa shape index (κ2) is 17.8. The highest BCUT2D eigenvalue weighted by atomic mass is 35.5. The Bertz CT molecular complexity index is 2760. The Morgan fingerprint density at radius 1 is 1.03 bits per heavy atom. The quantitative estimate of drug-likeness (QED) is 0.0435. The van der Waals surface area contributed by atoms with Crippen LogP contribution in [0.1, 0.15) is 60.2 Å². The molecule has 1 aliphatic carbocycles. The van der Waals surface area contributed by atoms with Crippen LogP contribution >= 0.6 is 23.5 Å². The van der Waals surface area contributed by atoms with Crippen molar-refractivity contribution in [1.82, 2.24) is 29.9 Å². The van der Waals surface area contributed by atoms with Crippen molar-refractivity contribution in [2.75, 3.05) is 16.8 Å². The summed E-state index contributed by atoms with van der Waals surface area (Å²) in [5.74, 6) is -3.40. The highest BCUT2D eigenvalue weighted by molar-refractivity contribution is 8.00. The summed E-state index contributed by atoms with van der Waals surface area (Å²) in [4.78, 5) is 42.8. The number of hydrogen-bond acceptors (Lipinski definition) is 8. The Balaban J connectivity index is 1.62. The second-order valence-corrected chi connectivity index (χ2v) is 17.9. The molecule has 24 heteroatoms. The van der Waals surface area contributed by atoms with Crippen molar-refractivity contribution in [2.45, 2.75) is 75.3 Å². The van der Waals surface area contributed by atoms with Crippen molar-refractivity contribution in [3.8, 4) is 23.0 Å². The number of rotatable bonds is 12. The summed E-state index contributed by atoms with van der Waals surface area (Å²) in [5, 5.41) is 9.32. The van der Waals surface area contributed by atoms with Gasteiger partial charge < -0.3 is 5.32 Å². The van der Waals surface area contributed by atoms with Crippen LogP contribution in [0.2, 0.25) is 5.02 Å². The third kappa shape index (κ3) is 10.1. The van der Waals surface area contributed by atoms with Gasteiger partial charge in [0.1, 0.15) is 40.9 Å². The highest BCUT2D eigenvalue weighted by Gasteiger charge is 2.50. The molecule has 0 spiro atoms. The van der Waals surface area contributed by atoms with Crippen molar-refractivity contribution in [1.29, 1.82) is 0 Å². The van der Waals surface area contributed by atoms with E-state index in [0.717, 1.165) is 12.1 Å². The normalized spacial score (nSPS) is 14.7. The summed E-state index contributed by atoms with van der Waals surface area (Å²) >= 11 is 7.19. The minimum Gasteiger partial charge on any atom is -0.346 e. The average molecular weight is 964 g/mol. The van der Waals surface area contributed by atoms with Gasteiger partial charge in [-0.25, -0.2) is 18.1 Å². The number of carbonyl (C=O) groups excluding carboxylic acids is 3. The van der Waals surface area contributed by atoms with E-state index in [4.69, 9.17) is 11.6 Å². The summed E-state index contributed by atoms with van der Waals surface area (Å²) in [6.45, 7) is 0.0639. The van der Waals surface area contributed by atoms with Gasteiger partial charge in [0.25, 0.3) is 5.92 Å². The summed E-state index contributed by atoms with van der Waals surface area (Å²) in [6, 6.07) is 5.66. The summed E-state index contributed by atoms with van der Waals surface area (Å²) < 4.78 is 157. The molecule has 0 bridgehead atoms. The van der Waals surface area contributed by atoms with Gasteiger partial charge >= 0.3 is 18.3 Å². The van der Waals surface area contributed by atoms with E-state index < -0.39 is 124 Å². The number of nitrogens with one attached hydrogen (secondary N) is 1. The van der Waals surface area contributed by atoms with Gasteiger partial charge in [-0.05, 0) is 80.5 Å². The smallest absolute Gasteiger partial charge is 0.346 e. The fraction of sp³-hybridized carbons (Fsp3) is 0.350. The Morgan fingerprint density at radius 3 is 2.28 bits per heavy atom. The topological polar surface area (TPSA) is 132 Å². The zero-order valence-corrected chi connectivity index (χ0v) is 35.9. The highest BCUT2D eigenvalue weighted by Crippen LogP contribution is 2.47. The number of aromatic nitrogens is 5. The maximum atomic E-state index is 15.1.